The van der Waals surface area contributed by atoms with Gasteiger partial charge in [-0.2, -0.15) is 0 Å². The lowest BCUT2D eigenvalue weighted by Gasteiger charge is -2.25. The molecule has 1 aromatic carbocycles. The van der Waals surface area contributed by atoms with Crippen LogP contribution < -0.4 is 4.90 Å². The van der Waals surface area contributed by atoms with Crippen molar-refractivity contribution in [1.29, 1.82) is 0 Å². The molecule has 0 aliphatic carbocycles. The van der Waals surface area contributed by atoms with Gasteiger partial charge >= 0.3 is 0 Å². The fourth-order valence-corrected chi connectivity index (χ4v) is 2.69. The Hall–Kier alpha value is -1.06. The largest absolute Gasteiger partial charge is 0.326 e. The summed E-state index contributed by atoms with van der Waals surface area (Å²) < 4.78 is 0.952. The second-order valence-corrected chi connectivity index (χ2v) is 5.48. The molecular formula is C15H16BrClN2. The van der Waals surface area contributed by atoms with Crippen LogP contribution >= 0.6 is 27.5 Å². The quantitative estimate of drug-likeness (QED) is 0.725. The summed E-state index contributed by atoms with van der Waals surface area (Å²) in [7, 11) is 0. The summed E-state index contributed by atoms with van der Waals surface area (Å²) in [4.78, 5) is 6.73. The van der Waals surface area contributed by atoms with Gasteiger partial charge in [0.05, 0.1) is 5.88 Å². The minimum Gasteiger partial charge on any atom is -0.326 e. The second-order valence-electron chi connectivity index (χ2n) is 4.30. The van der Waals surface area contributed by atoms with Gasteiger partial charge in [0, 0.05) is 28.5 Å². The lowest BCUT2D eigenvalue weighted by atomic mass is 10.1. The summed E-state index contributed by atoms with van der Waals surface area (Å²) in [5.41, 5.74) is 3.43. The monoisotopic (exact) mass is 338 g/mol. The molecule has 0 saturated carbocycles. The summed E-state index contributed by atoms with van der Waals surface area (Å²) in [5.74, 6) is 1.37. The Morgan fingerprint density at radius 1 is 1.32 bits per heavy atom. The van der Waals surface area contributed by atoms with E-state index in [1.807, 2.05) is 24.4 Å². The Labute approximate surface area is 127 Å². The van der Waals surface area contributed by atoms with E-state index in [2.05, 4.69) is 51.8 Å². The van der Waals surface area contributed by atoms with Crippen LogP contribution in [0.3, 0.4) is 0 Å². The molecule has 0 spiro atoms. The van der Waals surface area contributed by atoms with Crippen molar-refractivity contribution >= 4 is 39.0 Å². The number of aromatic nitrogens is 1. The van der Waals surface area contributed by atoms with E-state index in [0.29, 0.717) is 5.88 Å². The standard InChI is InChI=1S/C15H16BrClN2/c1-3-19(14-7-5-4-6-11(14)2)15-12(9-17)8-13(16)10-18-15/h4-8,10H,3,9H2,1-2H3. The van der Waals surface area contributed by atoms with Gasteiger partial charge in [-0.15, -0.1) is 11.6 Å². The number of para-hydroxylation sites is 1. The van der Waals surface area contributed by atoms with Crippen LogP contribution in [0.2, 0.25) is 0 Å². The Morgan fingerprint density at radius 2 is 2.05 bits per heavy atom. The highest BCUT2D eigenvalue weighted by atomic mass is 79.9. The molecule has 0 saturated heterocycles. The predicted molar refractivity (Wildman–Crippen MR) is 85.4 cm³/mol. The van der Waals surface area contributed by atoms with Crippen LogP contribution in [0, 0.1) is 6.92 Å². The molecule has 0 aliphatic heterocycles. The van der Waals surface area contributed by atoms with E-state index in [1.54, 1.807) is 0 Å². The van der Waals surface area contributed by atoms with Gasteiger partial charge in [0.2, 0.25) is 0 Å². The predicted octanol–water partition coefficient (Wildman–Crippen LogP) is 5.05. The molecule has 0 unspecified atom stereocenters. The lowest BCUT2D eigenvalue weighted by Crippen LogP contribution is -2.19. The van der Waals surface area contributed by atoms with Crippen molar-refractivity contribution in [2.24, 2.45) is 0 Å². The van der Waals surface area contributed by atoms with Crippen molar-refractivity contribution in [3.63, 3.8) is 0 Å². The van der Waals surface area contributed by atoms with Crippen molar-refractivity contribution in [3.05, 3.63) is 52.1 Å². The summed E-state index contributed by atoms with van der Waals surface area (Å²) in [5, 5.41) is 0. The molecule has 100 valence electrons. The molecule has 1 aromatic heterocycles. The lowest BCUT2D eigenvalue weighted by molar-refractivity contribution is 0.968. The Kier molecular flexibility index (Phi) is 4.83. The molecule has 0 radical (unpaired) electrons. The van der Waals surface area contributed by atoms with E-state index >= 15 is 0 Å². The number of benzene rings is 1. The number of aryl methyl sites for hydroxylation is 1. The van der Waals surface area contributed by atoms with E-state index < -0.39 is 0 Å². The third kappa shape index (κ3) is 3.10. The van der Waals surface area contributed by atoms with Gasteiger partial charge < -0.3 is 4.90 Å². The van der Waals surface area contributed by atoms with Gasteiger partial charge in [0.15, 0.2) is 0 Å². The zero-order chi connectivity index (χ0) is 13.8. The van der Waals surface area contributed by atoms with Crippen LogP contribution in [-0.2, 0) is 5.88 Å². The summed E-state index contributed by atoms with van der Waals surface area (Å²) in [6, 6.07) is 10.3. The van der Waals surface area contributed by atoms with Crippen LogP contribution in [-0.4, -0.2) is 11.5 Å². The minimum atomic E-state index is 0.449. The highest BCUT2D eigenvalue weighted by Gasteiger charge is 2.14. The first kappa shape index (κ1) is 14.4. The second kappa shape index (κ2) is 6.40. The highest BCUT2D eigenvalue weighted by molar-refractivity contribution is 9.10. The zero-order valence-corrected chi connectivity index (χ0v) is 13.4. The van der Waals surface area contributed by atoms with Gasteiger partial charge in [-0.05, 0) is 47.5 Å². The number of nitrogens with zero attached hydrogens (tertiary/aromatic N) is 2. The third-order valence-corrected chi connectivity index (χ3v) is 3.75. The van der Waals surface area contributed by atoms with Crippen molar-refractivity contribution in [1.82, 2.24) is 4.98 Å². The maximum Gasteiger partial charge on any atom is 0.137 e. The molecule has 1 heterocycles. The first-order chi connectivity index (χ1) is 9.17. The minimum absolute atomic E-state index is 0.449. The Morgan fingerprint density at radius 3 is 2.68 bits per heavy atom. The van der Waals surface area contributed by atoms with Crippen molar-refractivity contribution < 1.29 is 0 Å². The Balaban J connectivity index is 2.51. The average Bonchev–Trinajstić information content (AvgIpc) is 2.43. The topological polar surface area (TPSA) is 16.1 Å². The van der Waals surface area contributed by atoms with Gasteiger partial charge in [-0.1, -0.05) is 18.2 Å². The molecule has 0 N–H and O–H groups in total. The molecule has 2 nitrogen and oxygen atoms in total. The first-order valence-corrected chi connectivity index (χ1v) is 7.53. The molecule has 0 fully saturated rings. The first-order valence-electron chi connectivity index (χ1n) is 6.21. The normalized spacial score (nSPS) is 10.5. The molecule has 19 heavy (non-hydrogen) atoms. The molecule has 4 heteroatoms. The van der Waals surface area contributed by atoms with E-state index in [9.17, 15) is 0 Å². The van der Waals surface area contributed by atoms with E-state index in [1.165, 1.54) is 11.3 Å². The molecule has 0 amide bonds. The molecule has 2 aromatic rings. The molecule has 0 atom stereocenters. The fourth-order valence-electron chi connectivity index (χ4n) is 2.12. The summed E-state index contributed by atoms with van der Waals surface area (Å²) in [6.07, 6.45) is 1.81. The van der Waals surface area contributed by atoms with Crippen LogP contribution in [0.4, 0.5) is 11.5 Å². The number of rotatable bonds is 4. The van der Waals surface area contributed by atoms with Crippen LogP contribution in [0.15, 0.2) is 41.0 Å². The van der Waals surface area contributed by atoms with E-state index in [0.717, 1.165) is 22.4 Å². The summed E-state index contributed by atoms with van der Waals surface area (Å²) in [6.45, 7) is 5.08. The maximum atomic E-state index is 6.04. The van der Waals surface area contributed by atoms with Crippen molar-refractivity contribution in [3.8, 4) is 0 Å². The van der Waals surface area contributed by atoms with Gasteiger partial charge in [-0.25, -0.2) is 4.98 Å². The molecule has 2 rings (SSSR count). The Bertz CT molecular complexity index is 572. The van der Waals surface area contributed by atoms with Crippen LogP contribution in [0.25, 0.3) is 0 Å². The number of halogens is 2. The van der Waals surface area contributed by atoms with Crippen molar-refractivity contribution in [2.45, 2.75) is 19.7 Å². The molecule has 0 bridgehead atoms. The van der Waals surface area contributed by atoms with Gasteiger partial charge in [-0.3, -0.25) is 0 Å². The molecular weight excluding hydrogens is 324 g/mol. The number of hydrogen-bond acceptors (Lipinski definition) is 2. The number of hydrogen-bond donors (Lipinski definition) is 0. The van der Waals surface area contributed by atoms with Gasteiger partial charge in [0.1, 0.15) is 5.82 Å². The SMILES string of the molecule is CCN(c1ccccc1C)c1ncc(Br)cc1CCl. The fraction of sp³-hybridized carbons (Fsp3) is 0.267. The van der Waals surface area contributed by atoms with Crippen LogP contribution in [0.1, 0.15) is 18.1 Å². The smallest absolute Gasteiger partial charge is 0.137 e. The van der Waals surface area contributed by atoms with Crippen molar-refractivity contribution in [2.75, 3.05) is 11.4 Å². The summed E-state index contributed by atoms with van der Waals surface area (Å²) >= 11 is 9.48. The van der Waals surface area contributed by atoms with E-state index in [4.69, 9.17) is 11.6 Å². The third-order valence-electron chi connectivity index (χ3n) is 3.03. The van der Waals surface area contributed by atoms with Crippen LogP contribution in [0.5, 0.6) is 0 Å². The van der Waals surface area contributed by atoms with E-state index in [-0.39, 0.29) is 0 Å². The van der Waals surface area contributed by atoms with Gasteiger partial charge in [0.25, 0.3) is 0 Å². The number of anilines is 2. The highest BCUT2D eigenvalue weighted by Crippen LogP contribution is 2.31. The zero-order valence-electron chi connectivity index (χ0n) is 11.0. The number of pyridine rings is 1. The number of alkyl halides is 1. The maximum absolute atomic E-state index is 6.04. The molecule has 0 aliphatic rings. The average molecular weight is 340 g/mol.